The van der Waals surface area contributed by atoms with Crippen LogP contribution in [0.1, 0.15) is 24.8 Å². The molecule has 1 aliphatic rings. The lowest BCUT2D eigenvalue weighted by atomic mass is 10.0. The Morgan fingerprint density at radius 2 is 2.33 bits per heavy atom. The van der Waals surface area contributed by atoms with Crippen LogP contribution in [0.2, 0.25) is 0 Å². The molecular weight excluding hydrogens is 230 g/mol. The monoisotopic (exact) mass is 249 g/mol. The molecule has 0 saturated carbocycles. The number of hydrogen-bond donors (Lipinski definition) is 3. The molecule has 0 spiro atoms. The van der Waals surface area contributed by atoms with Crippen LogP contribution in [0.5, 0.6) is 0 Å². The number of nitrogens with one attached hydrogen (secondary N) is 3. The van der Waals surface area contributed by atoms with E-state index in [-0.39, 0.29) is 11.5 Å². The molecule has 18 heavy (non-hydrogen) atoms. The Balaban J connectivity index is 1.67. The zero-order valence-electron chi connectivity index (χ0n) is 10.4. The van der Waals surface area contributed by atoms with Crippen molar-refractivity contribution in [2.75, 3.05) is 13.1 Å². The van der Waals surface area contributed by atoms with Crippen molar-refractivity contribution in [3.05, 3.63) is 34.2 Å². The molecule has 98 valence electrons. The Kier molecular flexibility index (Phi) is 4.52. The van der Waals surface area contributed by atoms with E-state index < -0.39 is 0 Å². The van der Waals surface area contributed by atoms with Crippen molar-refractivity contribution in [1.82, 2.24) is 15.6 Å². The first-order chi connectivity index (χ1) is 8.74. The zero-order chi connectivity index (χ0) is 12.8. The summed E-state index contributed by atoms with van der Waals surface area (Å²) in [4.78, 5) is 25.1. The Morgan fingerprint density at radius 3 is 3.00 bits per heavy atom. The molecule has 3 N–H and O–H groups in total. The Labute approximate surface area is 106 Å². The van der Waals surface area contributed by atoms with Crippen molar-refractivity contribution in [2.24, 2.45) is 5.92 Å². The molecule has 0 radical (unpaired) electrons. The molecule has 0 bridgehead atoms. The number of H-pyrrole nitrogens is 1. The summed E-state index contributed by atoms with van der Waals surface area (Å²) < 4.78 is 0. The average Bonchev–Trinajstić information content (AvgIpc) is 2.89. The molecule has 1 unspecified atom stereocenters. The van der Waals surface area contributed by atoms with Gasteiger partial charge in [0.1, 0.15) is 0 Å². The first-order valence-corrected chi connectivity index (χ1v) is 6.39. The third-order valence-corrected chi connectivity index (χ3v) is 3.28. The zero-order valence-corrected chi connectivity index (χ0v) is 10.4. The predicted molar refractivity (Wildman–Crippen MR) is 69.1 cm³/mol. The molecule has 1 atom stereocenters. The number of hydrogen-bond acceptors (Lipinski definition) is 3. The van der Waals surface area contributed by atoms with E-state index in [9.17, 15) is 9.59 Å². The van der Waals surface area contributed by atoms with Gasteiger partial charge in [-0.1, -0.05) is 6.07 Å². The van der Waals surface area contributed by atoms with E-state index in [0.717, 1.165) is 25.1 Å². The SMILES string of the molecule is O=C(CCC1CCNC1)NCc1ccc(=O)[nH]c1. The normalized spacial score (nSPS) is 18.8. The third-order valence-electron chi connectivity index (χ3n) is 3.28. The molecule has 1 aromatic heterocycles. The largest absolute Gasteiger partial charge is 0.352 e. The summed E-state index contributed by atoms with van der Waals surface area (Å²) in [6, 6.07) is 3.19. The minimum atomic E-state index is -0.126. The number of pyridine rings is 1. The number of aromatic nitrogens is 1. The summed E-state index contributed by atoms with van der Waals surface area (Å²) in [6.07, 6.45) is 4.33. The molecule has 5 nitrogen and oxygen atoms in total. The summed E-state index contributed by atoms with van der Waals surface area (Å²) in [6.45, 7) is 2.58. The van der Waals surface area contributed by atoms with Crippen LogP contribution < -0.4 is 16.2 Å². The second kappa shape index (κ2) is 6.35. The van der Waals surface area contributed by atoms with Gasteiger partial charge >= 0.3 is 0 Å². The van der Waals surface area contributed by atoms with Crippen LogP contribution in [0.4, 0.5) is 0 Å². The van der Waals surface area contributed by atoms with Crippen LogP contribution >= 0.6 is 0 Å². The highest BCUT2D eigenvalue weighted by atomic mass is 16.1. The van der Waals surface area contributed by atoms with Gasteiger partial charge in [0.25, 0.3) is 0 Å². The number of rotatable bonds is 5. The summed E-state index contributed by atoms with van der Waals surface area (Å²) >= 11 is 0. The second-order valence-electron chi connectivity index (χ2n) is 4.74. The van der Waals surface area contributed by atoms with Crippen LogP contribution in [0.15, 0.2) is 23.1 Å². The first kappa shape index (κ1) is 12.8. The lowest BCUT2D eigenvalue weighted by molar-refractivity contribution is -0.121. The maximum absolute atomic E-state index is 11.6. The van der Waals surface area contributed by atoms with Crippen LogP contribution in [-0.2, 0) is 11.3 Å². The topological polar surface area (TPSA) is 74.0 Å². The molecule has 1 fully saturated rings. The van der Waals surface area contributed by atoms with E-state index >= 15 is 0 Å². The van der Waals surface area contributed by atoms with Gasteiger partial charge in [-0.2, -0.15) is 0 Å². The maximum Gasteiger partial charge on any atom is 0.247 e. The second-order valence-corrected chi connectivity index (χ2v) is 4.74. The van der Waals surface area contributed by atoms with Crippen LogP contribution in [0.25, 0.3) is 0 Å². The van der Waals surface area contributed by atoms with E-state index in [4.69, 9.17) is 0 Å². The first-order valence-electron chi connectivity index (χ1n) is 6.39. The van der Waals surface area contributed by atoms with E-state index in [1.54, 1.807) is 12.3 Å². The fourth-order valence-corrected chi connectivity index (χ4v) is 2.14. The summed E-state index contributed by atoms with van der Waals surface area (Å²) in [5, 5.41) is 6.15. The molecule has 0 aromatic carbocycles. The van der Waals surface area contributed by atoms with E-state index in [1.165, 1.54) is 12.5 Å². The van der Waals surface area contributed by atoms with Crippen molar-refractivity contribution in [2.45, 2.75) is 25.8 Å². The summed E-state index contributed by atoms with van der Waals surface area (Å²) in [5.41, 5.74) is 0.782. The lowest BCUT2D eigenvalue weighted by Crippen LogP contribution is -2.24. The lowest BCUT2D eigenvalue weighted by Gasteiger charge is -2.08. The fraction of sp³-hybridized carbons (Fsp3) is 0.538. The van der Waals surface area contributed by atoms with Gasteiger partial charge < -0.3 is 15.6 Å². The van der Waals surface area contributed by atoms with Crippen molar-refractivity contribution in [3.8, 4) is 0 Å². The van der Waals surface area contributed by atoms with Crippen molar-refractivity contribution in [1.29, 1.82) is 0 Å². The molecule has 5 heteroatoms. The number of amides is 1. The molecule has 1 saturated heterocycles. The fourth-order valence-electron chi connectivity index (χ4n) is 2.14. The Hall–Kier alpha value is -1.62. The quantitative estimate of drug-likeness (QED) is 0.706. The molecule has 1 amide bonds. The molecule has 2 rings (SSSR count). The van der Waals surface area contributed by atoms with Crippen molar-refractivity contribution < 1.29 is 4.79 Å². The van der Waals surface area contributed by atoms with Gasteiger partial charge in [0.2, 0.25) is 11.5 Å². The molecule has 0 aliphatic carbocycles. The van der Waals surface area contributed by atoms with E-state index in [1.807, 2.05) is 0 Å². The van der Waals surface area contributed by atoms with Crippen LogP contribution in [0.3, 0.4) is 0 Å². The predicted octanol–water partition coefficient (Wildman–Crippen LogP) is 0.381. The van der Waals surface area contributed by atoms with E-state index in [0.29, 0.717) is 18.9 Å². The van der Waals surface area contributed by atoms with Gasteiger partial charge in [0, 0.05) is 25.2 Å². The molecule has 1 aromatic rings. The maximum atomic E-state index is 11.6. The van der Waals surface area contributed by atoms with Gasteiger partial charge in [-0.15, -0.1) is 0 Å². The number of carbonyl (C=O) groups is 1. The highest BCUT2D eigenvalue weighted by molar-refractivity contribution is 5.75. The van der Waals surface area contributed by atoms with Gasteiger partial charge in [-0.25, -0.2) is 0 Å². The van der Waals surface area contributed by atoms with Gasteiger partial charge in [0.15, 0.2) is 0 Å². The molecular formula is C13H19N3O2. The smallest absolute Gasteiger partial charge is 0.247 e. The Bertz CT molecular complexity index is 429. The van der Waals surface area contributed by atoms with Crippen LogP contribution in [-0.4, -0.2) is 24.0 Å². The number of aromatic amines is 1. The number of carbonyl (C=O) groups excluding carboxylic acids is 1. The highest BCUT2D eigenvalue weighted by Crippen LogP contribution is 2.13. The third kappa shape index (κ3) is 4.00. The molecule has 1 aliphatic heterocycles. The summed E-state index contributed by atoms with van der Waals surface area (Å²) in [7, 11) is 0. The van der Waals surface area contributed by atoms with Crippen molar-refractivity contribution >= 4 is 5.91 Å². The van der Waals surface area contributed by atoms with E-state index in [2.05, 4.69) is 15.6 Å². The average molecular weight is 249 g/mol. The standard InChI is InChI=1S/C13H19N3O2/c17-12(3-1-10-5-6-14-7-10)15-8-11-2-4-13(18)16-9-11/h2,4,9-10,14H,1,3,5-8H2,(H,15,17)(H,16,18). The van der Waals surface area contributed by atoms with Gasteiger partial charge in [-0.3, -0.25) is 9.59 Å². The Morgan fingerprint density at radius 1 is 1.44 bits per heavy atom. The molecule has 2 heterocycles. The van der Waals surface area contributed by atoms with Gasteiger partial charge in [-0.05, 0) is 37.4 Å². The minimum absolute atomic E-state index is 0.0769. The highest BCUT2D eigenvalue weighted by Gasteiger charge is 2.15. The minimum Gasteiger partial charge on any atom is -0.352 e. The van der Waals surface area contributed by atoms with Crippen molar-refractivity contribution in [3.63, 3.8) is 0 Å². The summed E-state index contributed by atoms with van der Waals surface area (Å²) in [5.74, 6) is 0.719. The van der Waals surface area contributed by atoms with Gasteiger partial charge in [0.05, 0.1) is 0 Å². The van der Waals surface area contributed by atoms with Crippen LogP contribution in [0, 0.1) is 5.92 Å².